The number of nitrogens with zero attached hydrogens (tertiary/aromatic N) is 3. The first kappa shape index (κ1) is 23.9. The Hall–Kier alpha value is -2.77. The van der Waals surface area contributed by atoms with Crippen LogP contribution in [0.2, 0.25) is 0 Å². The van der Waals surface area contributed by atoms with Crippen molar-refractivity contribution in [1.82, 2.24) is 14.2 Å². The molecule has 0 radical (unpaired) electrons. The van der Waals surface area contributed by atoms with Gasteiger partial charge in [-0.15, -0.1) is 0 Å². The molecule has 2 saturated heterocycles. The van der Waals surface area contributed by atoms with E-state index in [-0.39, 0.29) is 10.8 Å². The first-order chi connectivity index (χ1) is 16.9. The van der Waals surface area contributed by atoms with Crippen molar-refractivity contribution >= 4 is 26.8 Å². The summed E-state index contributed by atoms with van der Waals surface area (Å²) in [5, 5.41) is 0.602. The third-order valence-corrected chi connectivity index (χ3v) is 9.25. The molecule has 1 aromatic heterocycles. The fourth-order valence-electron chi connectivity index (χ4n) is 5.12. The lowest BCUT2D eigenvalue weighted by Crippen LogP contribution is -2.37. The minimum Gasteiger partial charge on any atom is -0.339 e. The third kappa shape index (κ3) is 4.98. The Kier molecular flexibility index (Phi) is 6.89. The number of rotatable bonds is 4. The molecule has 2 aliphatic heterocycles. The maximum atomic E-state index is 13.8. The molecule has 3 aromatic rings. The number of aromatic nitrogens is 1. The maximum Gasteiger partial charge on any atom is 0.254 e. The fourth-order valence-corrected chi connectivity index (χ4v) is 6.61. The number of benzene rings is 2. The van der Waals surface area contributed by atoms with Gasteiger partial charge in [-0.2, -0.15) is 4.31 Å². The zero-order valence-corrected chi connectivity index (χ0v) is 21.1. The Labute approximate surface area is 208 Å². The number of hydrogen-bond donors (Lipinski definition) is 0. The molecule has 2 aromatic carbocycles. The molecule has 0 saturated carbocycles. The summed E-state index contributed by atoms with van der Waals surface area (Å²) in [6.45, 7) is 4.69. The highest BCUT2D eigenvalue weighted by atomic mass is 32.2. The number of carbonyl (C=O) groups is 1. The Balaban J connectivity index is 1.61. The predicted molar refractivity (Wildman–Crippen MR) is 139 cm³/mol. The standard InChI is InChI=1S/C28H33N3O3S/c1-21-13-17-31(18-14-21)35(33,34)23-11-12-26-24(19-23)25(28(32)30-15-7-2-3-8-16-30)20-27(29-26)22-9-5-4-6-10-22/h4-6,9-12,19-21H,2-3,7-8,13-18H2,1H3. The average molecular weight is 492 g/mol. The van der Waals surface area contributed by atoms with Crippen LogP contribution in [0.1, 0.15) is 55.8 Å². The van der Waals surface area contributed by atoms with Crippen LogP contribution in [0.3, 0.4) is 0 Å². The lowest BCUT2D eigenvalue weighted by molar-refractivity contribution is 0.0763. The summed E-state index contributed by atoms with van der Waals surface area (Å²) in [5.41, 5.74) is 2.81. The van der Waals surface area contributed by atoms with Gasteiger partial charge in [0.15, 0.2) is 0 Å². The van der Waals surface area contributed by atoms with E-state index in [9.17, 15) is 13.2 Å². The van der Waals surface area contributed by atoms with E-state index in [1.807, 2.05) is 41.3 Å². The molecule has 2 fully saturated rings. The number of amides is 1. The highest BCUT2D eigenvalue weighted by Gasteiger charge is 2.29. The second-order valence-corrected chi connectivity index (χ2v) is 11.8. The molecule has 184 valence electrons. The molecule has 6 nitrogen and oxygen atoms in total. The second kappa shape index (κ2) is 10.1. The van der Waals surface area contributed by atoms with E-state index in [0.717, 1.165) is 62.9 Å². The normalized spacial score (nSPS) is 18.5. The molecule has 1 amide bonds. The highest BCUT2D eigenvalue weighted by Crippen LogP contribution is 2.30. The number of fused-ring (bicyclic) bond motifs is 1. The van der Waals surface area contributed by atoms with Gasteiger partial charge in [-0.05, 0) is 55.9 Å². The summed E-state index contributed by atoms with van der Waals surface area (Å²) in [6.07, 6.45) is 5.99. The highest BCUT2D eigenvalue weighted by molar-refractivity contribution is 7.89. The largest absolute Gasteiger partial charge is 0.339 e. The van der Waals surface area contributed by atoms with Crippen molar-refractivity contribution in [3.8, 4) is 11.3 Å². The minimum absolute atomic E-state index is 0.0437. The van der Waals surface area contributed by atoms with Crippen LogP contribution in [-0.4, -0.2) is 54.7 Å². The maximum absolute atomic E-state index is 13.8. The smallest absolute Gasteiger partial charge is 0.254 e. The molecule has 3 heterocycles. The Morgan fingerprint density at radius 2 is 1.57 bits per heavy atom. The van der Waals surface area contributed by atoms with Crippen molar-refractivity contribution in [2.45, 2.75) is 50.3 Å². The molecule has 35 heavy (non-hydrogen) atoms. The molecular formula is C28H33N3O3S. The molecular weight excluding hydrogens is 458 g/mol. The van der Waals surface area contributed by atoms with E-state index in [1.54, 1.807) is 22.5 Å². The van der Waals surface area contributed by atoms with Gasteiger partial charge in [-0.25, -0.2) is 13.4 Å². The van der Waals surface area contributed by atoms with Gasteiger partial charge in [0.2, 0.25) is 10.0 Å². The Morgan fingerprint density at radius 3 is 2.26 bits per heavy atom. The quantitative estimate of drug-likeness (QED) is 0.494. The van der Waals surface area contributed by atoms with E-state index in [1.165, 1.54) is 0 Å². The number of pyridine rings is 1. The topological polar surface area (TPSA) is 70.6 Å². The van der Waals surface area contributed by atoms with Crippen molar-refractivity contribution < 1.29 is 13.2 Å². The fraction of sp³-hybridized carbons (Fsp3) is 0.429. The lowest BCUT2D eigenvalue weighted by Gasteiger charge is -2.29. The zero-order valence-electron chi connectivity index (χ0n) is 20.3. The minimum atomic E-state index is -3.63. The molecule has 0 unspecified atom stereocenters. The van der Waals surface area contributed by atoms with Gasteiger partial charge in [0.05, 0.1) is 21.7 Å². The summed E-state index contributed by atoms with van der Waals surface area (Å²) < 4.78 is 28.5. The predicted octanol–water partition coefficient (Wildman–Crippen LogP) is 5.34. The van der Waals surface area contributed by atoms with Crippen LogP contribution in [-0.2, 0) is 10.0 Å². The number of likely N-dealkylation sites (tertiary alicyclic amines) is 1. The van der Waals surface area contributed by atoms with Crippen molar-refractivity contribution in [3.63, 3.8) is 0 Å². The van der Waals surface area contributed by atoms with Crippen LogP contribution in [0, 0.1) is 5.92 Å². The zero-order chi connectivity index (χ0) is 24.4. The van der Waals surface area contributed by atoms with Crippen molar-refractivity contribution in [1.29, 1.82) is 0 Å². The Morgan fingerprint density at radius 1 is 0.886 bits per heavy atom. The second-order valence-electron chi connectivity index (χ2n) is 9.89. The van der Waals surface area contributed by atoms with Crippen LogP contribution in [0.5, 0.6) is 0 Å². The molecule has 0 aliphatic carbocycles. The van der Waals surface area contributed by atoms with E-state index in [4.69, 9.17) is 4.98 Å². The first-order valence-electron chi connectivity index (χ1n) is 12.7. The molecule has 2 aliphatic rings. The third-order valence-electron chi connectivity index (χ3n) is 7.35. The average Bonchev–Trinajstić information content (AvgIpc) is 3.18. The first-order valence-corrected chi connectivity index (χ1v) is 14.2. The van der Waals surface area contributed by atoms with Gasteiger partial charge >= 0.3 is 0 Å². The van der Waals surface area contributed by atoms with Crippen LogP contribution >= 0.6 is 0 Å². The summed E-state index contributed by atoms with van der Waals surface area (Å²) in [4.78, 5) is 20.8. The Bertz CT molecular complexity index is 1310. The summed E-state index contributed by atoms with van der Waals surface area (Å²) >= 11 is 0. The van der Waals surface area contributed by atoms with Crippen LogP contribution in [0.4, 0.5) is 0 Å². The lowest BCUT2D eigenvalue weighted by atomic mass is 10.0. The number of sulfonamides is 1. The summed E-state index contributed by atoms with van der Waals surface area (Å²) in [6, 6.07) is 16.7. The van der Waals surface area contributed by atoms with Gasteiger partial charge in [-0.3, -0.25) is 4.79 Å². The van der Waals surface area contributed by atoms with Crippen molar-refractivity contribution in [2.24, 2.45) is 5.92 Å². The van der Waals surface area contributed by atoms with Crippen molar-refractivity contribution in [2.75, 3.05) is 26.2 Å². The van der Waals surface area contributed by atoms with Gasteiger partial charge in [-0.1, -0.05) is 50.1 Å². The monoisotopic (exact) mass is 491 g/mol. The molecule has 7 heteroatoms. The van der Waals surface area contributed by atoms with Gasteiger partial charge in [0, 0.05) is 37.1 Å². The molecule has 0 spiro atoms. The number of piperidine rings is 1. The van der Waals surface area contributed by atoms with Crippen LogP contribution < -0.4 is 0 Å². The van der Waals surface area contributed by atoms with Gasteiger partial charge < -0.3 is 4.90 Å². The van der Waals surface area contributed by atoms with Crippen molar-refractivity contribution in [3.05, 3.63) is 60.2 Å². The molecule has 0 atom stereocenters. The summed E-state index contributed by atoms with van der Waals surface area (Å²) in [7, 11) is -3.63. The number of carbonyl (C=O) groups excluding carboxylic acids is 1. The number of hydrogen-bond acceptors (Lipinski definition) is 4. The van der Waals surface area contributed by atoms with Crippen LogP contribution in [0.15, 0.2) is 59.5 Å². The van der Waals surface area contributed by atoms with E-state index < -0.39 is 10.0 Å². The molecule has 5 rings (SSSR count). The van der Waals surface area contributed by atoms with E-state index >= 15 is 0 Å². The van der Waals surface area contributed by atoms with Gasteiger partial charge in [0.1, 0.15) is 0 Å². The molecule has 0 bridgehead atoms. The van der Waals surface area contributed by atoms with Gasteiger partial charge in [0.25, 0.3) is 5.91 Å². The summed E-state index contributed by atoms with van der Waals surface area (Å²) in [5.74, 6) is 0.495. The van der Waals surface area contributed by atoms with Crippen LogP contribution in [0.25, 0.3) is 22.2 Å². The van der Waals surface area contributed by atoms with E-state index in [0.29, 0.717) is 35.5 Å². The van der Waals surface area contributed by atoms with E-state index in [2.05, 4.69) is 6.92 Å². The SMILES string of the molecule is CC1CCN(S(=O)(=O)c2ccc3nc(-c4ccccc4)cc(C(=O)N4CCCCCC4)c3c2)CC1. The molecule has 0 N–H and O–H groups in total.